The van der Waals surface area contributed by atoms with E-state index < -0.39 is 18.5 Å². The Morgan fingerprint density at radius 3 is 2.69 bits per heavy atom. The summed E-state index contributed by atoms with van der Waals surface area (Å²) in [6.45, 7) is -0.495. The summed E-state index contributed by atoms with van der Waals surface area (Å²) in [4.78, 5) is 32.2. The van der Waals surface area contributed by atoms with Gasteiger partial charge in [0.25, 0.3) is 5.91 Å². The first kappa shape index (κ1) is 17.3. The van der Waals surface area contributed by atoms with E-state index in [9.17, 15) is 9.59 Å². The molecule has 7 nitrogen and oxygen atoms in total. The Morgan fingerprint density at radius 2 is 1.96 bits per heavy atom. The lowest BCUT2D eigenvalue weighted by atomic mass is 10.2. The van der Waals surface area contributed by atoms with Crippen LogP contribution in [0.5, 0.6) is 0 Å². The molecular formula is C18H11ClN4O3. The third kappa shape index (κ3) is 3.94. The molecule has 0 unspecified atom stereocenters. The molecule has 0 aliphatic rings. The van der Waals surface area contributed by atoms with Crippen LogP contribution in [-0.4, -0.2) is 28.5 Å². The van der Waals surface area contributed by atoms with Crippen LogP contribution >= 0.6 is 11.6 Å². The molecule has 0 saturated heterocycles. The highest BCUT2D eigenvalue weighted by atomic mass is 35.5. The lowest BCUT2D eigenvalue weighted by Crippen LogP contribution is -2.21. The molecule has 26 heavy (non-hydrogen) atoms. The Bertz CT molecular complexity index is 1050. The molecule has 2 aromatic carbocycles. The number of esters is 1. The summed E-state index contributed by atoms with van der Waals surface area (Å²) in [7, 11) is 0. The molecule has 1 aromatic heterocycles. The van der Waals surface area contributed by atoms with Crippen molar-refractivity contribution in [3.8, 4) is 6.07 Å². The van der Waals surface area contributed by atoms with Crippen molar-refractivity contribution in [1.29, 1.82) is 5.26 Å². The number of hydrogen-bond donors (Lipinski definition) is 1. The number of ether oxygens (including phenoxy) is 1. The van der Waals surface area contributed by atoms with Crippen LogP contribution in [0.3, 0.4) is 0 Å². The normalized spacial score (nSPS) is 10.2. The third-order valence-corrected chi connectivity index (χ3v) is 3.68. The van der Waals surface area contributed by atoms with Gasteiger partial charge in [0.1, 0.15) is 6.07 Å². The molecule has 0 fully saturated rings. The molecule has 3 aromatic rings. The highest BCUT2D eigenvalue weighted by Crippen LogP contribution is 2.20. The summed E-state index contributed by atoms with van der Waals surface area (Å²) in [6.07, 6.45) is 1.29. The number of para-hydroxylation sites is 2. The maximum atomic E-state index is 12.0. The molecule has 3 rings (SSSR count). The van der Waals surface area contributed by atoms with Crippen LogP contribution in [0.25, 0.3) is 11.0 Å². The first-order valence-corrected chi connectivity index (χ1v) is 7.83. The number of nitriles is 1. The predicted octanol–water partition coefficient (Wildman–Crippen LogP) is 2.95. The van der Waals surface area contributed by atoms with Gasteiger partial charge in [0.15, 0.2) is 12.3 Å². The monoisotopic (exact) mass is 366 g/mol. The van der Waals surface area contributed by atoms with E-state index in [1.54, 1.807) is 18.2 Å². The minimum atomic E-state index is -0.753. The van der Waals surface area contributed by atoms with Crippen molar-refractivity contribution in [2.45, 2.75) is 0 Å². The second kappa shape index (κ2) is 7.59. The van der Waals surface area contributed by atoms with E-state index in [0.29, 0.717) is 22.3 Å². The van der Waals surface area contributed by atoms with Crippen LogP contribution in [-0.2, 0) is 9.53 Å². The Kier molecular flexibility index (Phi) is 5.06. The summed E-state index contributed by atoms with van der Waals surface area (Å²) in [5, 5.41) is 11.6. The second-order valence-corrected chi connectivity index (χ2v) is 5.58. The molecule has 1 heterocycles. The quantitative estimate of drug-likeness (QED) is 0.712. The maximum Gasteiger partial charge on any atom is 0.359 e. The molecule has 0 spiro atoms. The van der Waals surface area contributed by atoms with E-state index in [0.717, 1.165) is 0 Å². The van der Waals surface area contributed by atoms with E-state index in [1.165, 1.54) is 24.4 Å². The molecule has 0 aliphatic heterocycles. The van der Waals surface area contributed by atoms with Gasteiger partial charge >= 0.3 is 5.97 Å². The number of rotatable bonds is 4. The summed E-state index contributed by atoms with van der Waals surface area (Å²) in [5.41, 5.74) is 1.91. The van der Waals surface area contributed by atoms with Crippen LogP contribution in [0.1, 0.15) is 16.1 Å². The highest BCUT2D eigenvalue weighted by molar-refractivity contribution is 6.32. The fourth-order valence-electron chi connectivity index (χ4n) is 2.14. The van der Waals surface area contributed by atoms with Crippen molar-refractivity contribution in [2.24, 2.45) is 0 Å². The number of amides is 1. The van der Waals surface area contributed by atoms with Crippen LogP contribution in [0, 0.1) is 11.3 Å². The van der Waals surface area contributed by atoms with Gasteiger partial charge in [-0.1, -0.05) is 23.7 Å². The fraction of sp³-hybridized carbons (Fsp3) is 0.0556. The smallest absolute Gasteiger partial charge is 0.359 e. The van der Waals surface area contributed by atoms with Gasteiger partial charge in [0, 0.05) is 5.69 Å². The lowest BCUT2D eigenvalue weighted by Gasteiger charge is -2.07. The van der Waals surface area contributed by atoms with E-state index in [2.05, 4.69) is 15.3 Å². The predicted molar refractivity (Wildman–Crippen MR) is 94.6 cm³/mol. The Hall–Kier alpha value is -3.50. The zero-order valence-corrected chi connectivity index (χ0v) is 14.0. The number of nitrogens with one attached hydrogen (secondary N) is 1. The molecule has 0 aliphatic carbocycles. The molecule has 0 bridgehead atoms. The first-order valence-electron chi connectivity index (χ1n) is 7.45. The number of halogens is 1. The van der Waals surface area contributed by atoms with Gasteiger partial charge in [-0.25, -0.2) is 9.78 Å². The summed E-state index contributed by atoms with van der Waals surface area (Å²) in [6, 6.07) is 13.5. The number of benzene rings is 2. The molecule has 8 heteroatoms. The molecular weight excluding hydrogens is 356 g/mol. The number of hydrogen-bond acceptors (Lipinski definition) is 6. The number of anilines is 1. The van der Waals surface area contributed by atoms with Gasteiger partial charge < -0.3 is 10.1 Å². The van der Waals surface area contributed by atoms with Gasteiger partial charge in [0.2, 0.25) is 0 Å². The van der Waals surface area contributed by atoms with Crippen LogP contribution < -0.4 is 5.32 Å². The van der Waals surface area contributed by atoms with Crippen molar-refractivity contribution in [3.05, 3.63) is 64.9 Å². The molecule has 0 radical (unpaired) electrons. The maximum absolute atomic E-state index is 12.0. The Labute approximate surface area is 153 Å². The summed E-state index contributed by atoms with van der Waals surface area (Å²) in [5.74, 6) is -1.30. The second-order valence-electron chi connectivity index (χ2n) is 5.17. The summed E-state index contributed by atoms with van der Waals surface area (Å²) >= 11 is 5.89. The van der Waals surface area contributed by atoms with Crippen molar-refractivity contribution >= 4 is 40.2 Å². The van der Waals surface area contributed by atoms with E-state index in [1.807, 2.05) is 12.1 Å². The average molecular weight is 367 g/mol. The van der Waals surface area contributed by atoms with E-state index >= 15 is 0 Å². The molecule has 1 N–H and O–H groups in total. The first-order chi connectivity index (χ1) is 12.6. The molecule has 0 saturated carbocycles. The number of aromatic nitrogens is 2. The van der Waals surface area contributed by atoms with Crippen molar-refractivity contribution in [3.63, 3.8) is 0 Å². The van der Waals surface area contributed by atoms with Crippen LogP contribution in [0.4, 0.5) is 5.69 Å². The van der Waals surface area contributed by atoms with Crippen LogP contribution in [0.2, 0.25) is 5.02 Å². The number of nitrogens with zero attached hydrogens (tertiary/aromatic N) is 3. The van der Waals surface area contributed by atoms with Crippen molar-refractivity contribution in [2.75, 3.05) is 11.9 Å². The minimum absolute atomic E-state index is 0.0120. The van der Waals surface area contributed by atoms with Crippen molar-refractivity contribution < 1.29 is 14.3 Å². The molecule has 0 atom stereocenters. The zero-order valence-electron chi connectivity index (χ0n) is 13.3. The third-order valence-electron chi connectivity index (χ3n) is 3.37. The topological polar surface area (TPSA) is 105 Å². The standard InChI is InChI=1S/C18H11ClN4O3/c19-13-7-12(6-5-11(13)8-20)22-17(24)10-26-18(25)16-9-21-14-3-1-2-4-15(14)23-16/h1-7,9H,10H2,(H,22,24). The lowest BCUT2D eigenvalue weighted by molar-refractivity contribution is -0.119. The van der Waals surface area contributed by atoms with Gasteiger partial charge in [-0.3, -0.25) is 9.78 Å². The zero-order chi connectivity index (χ0) is 18.5. The van der Waals surface area contributed by atoms with Gasteiger partial charge in [-0.15, -0.1) is 0 Å². The fourth-order valence-corrected chi connectivity index (χ4v) is 2.36. The Balaban J connectivity index is 1.60. The Morgan fingerprint density at radius 1 is 1.19 bits per heavy atom. The van der Waals surface area contributed by atoms with E-state index in [-0.39, 0.29) is 10.7 Å². The van der Waals surface area contributed by atoms with E-state index in [4.69, 9.17) is 21.6 Å². The molecule has 128 valence electrons. The van der Waals surface area contributed by atoms with Crippen molar-refractivity contribution in [1.82, 2.24) is 9.97 Å². The van der Waals surface area contributed by atoms with Gasteiger partial charge in [-0.05, 0) is 30.3 Å². The highest BCUT2D eigenvalue weighted by Gasteiger charge is 2.13. The SMILES string of the molecule is N#Cc1ccc(NC(=O)COC(=O)c2cnc3ccccc3n2)cc1Cl. The largest absolute Gasteiger partial charge is 0.451 e. The average Bonchev–Trinajstić information content (AvgIpc) is 2.66. The van der Waals surface area contributed by atoms with Gasteiger partial charge in [-0.2, -0.15) is 5.26 Å². The molecule has 1 amide bonds. The number of carbonyl (C=O) groups is 2. The number of fused-ring (bicyclic) bond motifs is 1. The van der Waals surface area contributed by atoms with Gasteiger partial charge in [0.05, 0.1) is 27.8 Å². The number of carbonyl (C=O) groups excluding carboxylic acids is 2. The van der Waals surface area contributed by atoms with Crippen LogP contribution in [0.15, 0.2) is 48.7 Å². The minimum Gasteiger partial charge on any atom is -0.451 e. The summed E-state index contributed by atoms with van der Waals surface area (Å²) < 4.78 is 4.95.